The van der Waals surface area contributed by atoms with E-state index in [1.807, 2.05) is 41.1 Å². The van der Waals surface area contributed by atoms with E-state index in [0.29, 0.717) is 6.61 Å². The minimum absolute atomic E-state index is 0.678. The highest BCUT2D eigenvalue weighted by atomic mass is 16.5. The summed E-state index contributed by atoms with van der Waals surface area (Å²) in [5.41, 5.74) is 2.29. The largest absolute Gasteiger partial charge is 0.493 e. The maximum absolute atomic E-state index is 6.11. The molecule has 1 aliphatic rings. The highest BCUT2D eigenvalue weighted by Gasteiger charge is 2.17. The number of hydrogen-bond acceptors (Lipinski definition) is 6. The van der Waals surface area contributed by atoms with Crippen LogP contribution in [0.1, 0.15) is 5.56 Å². The third kappa shape index (κ3) is 5.60. The zero-order valence-electron chi connectivity index (χ0n) is 18.9. The number of imidazole rings is 1. The molecular formula is C25H32N4O3. The summed E-state index contributed by atoms with van der Waals surface area (Å²) in [6.07, 6.45) is 6.52. The topological polar surface area (TPSA) is 52.0 Å². The van der Waals surface area contributed by atoms with Crippen LogP contribution in [0.15, 0.2) is 61.2 Å². The second-order valence-corrected chi connectivity index (χ2v) is 7.91. The van der Waals surface area contributed by atoms with Gasteiger partial charge >= 0.3 is 0 Å². The van der Waals surface area contributed by atoms with Gasteiger partial charge in [-0.2, -0.15) is 0 Å². The third-order valence-electron chi connectivity index (χ3n) is 5.94. The van der Waals surface area contributed by atoms with Crippen LogP contribution in [0.3, 0.4) is 0 Å². The van der Waals surface area contributed by atoms with E-state index in [0.717, 1.165) is 68.6 Å². The summed E-state index contributed by atoms with van der Waals surface area (Å²) in [5, 5.41) is 0. The molecule has 0 aliphatic carbocycles. The molecule has 0 spiro atoms. The van der Waals surface area contributed by atoms with E-state index in [1.54, 1.807) is 26.7 Å². The third-order valence-corrected chi connectivity index (χ3v) is 5.94. The Bertz CT molecular complexity index is 969. The zero-order valence-corrected chi connectivity index (χ0v) is 18.9. The smallest absolute Gasteiger partial charge is 0.160 e. The van der Waals surface area contributed by atoms with Gasteiger partial charge < -0.3 is 23.7 Å². The lowest BCUT2D eigenvalue weighted by Gasteiger charge is -2.34. The molecule has 0 radical (unpaired) electrons. The molecule has 1 aliphatic heterocycles. The van der Waals surface area contributed by atoms with Crippen LogP contribution in [0.2, 0.25) is 0 Å². The molecule has 0 saturated carbocycles. The molecule has 2 heterocycles. The van der Waals surface area contributed by atoms with E-state index < -0.39 is 0 Å². The van der Waals surface area contributed by atoms with Crippen LogP contribution >= 0.6 is 0 Å². The molecule has 0 bridgehead atoms. The number of para-hydroxylation sites is 2. The van der Waals surface area contributed by atoms with E-state index in [4.69, 9.17) is 14.2 Å². The molecule has 7 heteroatoms. The van der Waals surface area contributed by atoms with Crippen molar-refractivity contribution in [2.45, 2.75) is 6.42 Å². The maximum atomic E-state index is 6.11. The number of aromatic nitrogens is 2. The van der Waals surface area contributed by atoms with Crippen LogP contribution in [0.25, 0.3) is 5.69 Å². The fraction of sp³-hybridized carbons (Fsp3) is 0.400. The molecule has 32 heavy (non-hydrogen) atoms. The minimum atomic E-state index is 0.678. The number of rotatable bonds is 10. The molecule has 7 nitrogen and oxygen atoms in total. The van der Waals surface area contributed by atoms with E-state index in [9.17, 15) is 0 Å². The Labute approximate surface area is 190 Å². The van der Waals surface area contributed by atoms with Gasteiger partial charge in [0, 0.05) is 51.7 Å². The number of methoxy groups -OCH3 is 2. The summed E-state index contributed by atoms with van der Waals surface area (Å²) >= 11 is 0. The fourth-order valence-corrected chi connectivity index (χ4v) is 4.04. The van der Waals surface area contributed by atoms with Gasteiger partial charge in [0.25, 0.3) is 0 Å². The first-order chi connectivity index (χ1) is 15.8. The summed E-state index contributed by atoms with van der Waals surface area (Å²) in [6.45, 7) is 6.96. The molecule has 0 amide bonds. The summed E-state index contributed by atoms with van der Waals surface area (Å²) in [6, 6.07) is 14.3. The maximum Gasteiger partial charge on any atom is 0.160 e. The van der Waals surface area contributed by atoms with Crippen molar-refractivity contribution in [2.75, 3.05) is 60.1 Å². The van der Waals surface area contributed by atoms with Crippen LogP contribution in [0.5, 0.6) is 17.2 Å². The summed E-state index contributed by atoms with van der Waals surface area (Å²) in [5.74, 6) is 2.46. The number of hydrogen-bond donors (Lipinski definition) is 0. The number of benzene rings is 2. The normalized spacial score (nSPS) is 14.9. The van der Waals surface area contributed by atoms with E-state index >= 15 is 0 Å². The van der Waals surface area contributed by atoms with Crippen LogP contribution < -0.4 is 14.2 Å². The first kappa shape index (κ1) is 22.2. The van der Waals surface area contributed by atoms with Crippen molar-refractivity contribution in [1.29, 1.82) is 0 Å². The van der Waals surface area contributed by atoms with Crippen molar-refractivity contribution in [1.82, 2.24) is 19.4 Å². The Morgan fingerprint density at radius 3 is 2.31 bits per heavy atom. The van der Waals surface area contributed by atoms with Crippen molar-refractivity contribution in [3.8, 4) is 22.9 Å². The van der Waals surface area contributed by atoms with Crippen molar-refractivity contribution < 1.29 is 14.2 Å². The molecule has 1 saturated heterocycles. The molecule has 0 atom stereocenters. The molecule has 0 N–H and O–H groups in total. The lowest BCUT2D eigenvalue weighted by molar-refractivity contribution is 0.118. The minimum Gasteiger partial charge on any atom is -0.493 e. The molecule has 2 aromatic carbocycles. The average Bonchev–Trinajstić information content (AvgIpc) is 3.38. The van der Waals surface area contributed by atoms with Gasteiger partial charge in [0.05, 0.1) is 26.2 Å². The van der Waals surface area contributed by atoms with Gasteiger partial charge in [-0.25, -0.2) is 4.98 Å². The summed E-state index contributed by atoms with van der Waals surface area (Å²) < 4.78 is 18.8. The van der Waals surface area contributed by atoms with Gasteiger partial charge in [-0.3, -0.25) is 4.90 Å². The van der Waals surface area contributed by atoms with Crippen LogP contribution in [-0.2, 0) is 6.42 Å². The van der Waals surface area contributed by atoms with Crippen LogP contribution in [-0.4, -0.2) is 79.4 Å². The number of ether oxygens (including phenoxy) is 3. The highest BCUT2D eigenvalue weighted by molar-refractivity contribution is 5.46. The zero-order chi connectivity index (χ0) is 22.2. The number of piperazine rings is 1. The second-order valence-electron chi connectivity index (χ2n) is 7.91. The summed E-state index contributed by atoms with van der Waals surface area (Å²) in [7, 11) is 3.35. The van der Waals surface area contributed by atoms with Gasteiger partial charge in [0.15, 0.2) is 11.5 Å². The Kier molecular flexibility index (Phi) is 7.64. The predicted octanol–water partition coefficient (Wildman–Crippen LogP) is 3.13. The fourth-order valence-electron chi connectivity index (χ4n) is 4.04. The van der Waals surface area contributed by atoms with Crippen molar-refractivity contribution in [3.63, 3.8) is 0 Å². The van der Waals surface area contributed by atoms with Crippen molar-refractivity contribution in [3.05, 3.63) is 66.7 Å². The van der Waals surface area contributed by atoms with Gasteiger partial charge in [0.2, 0.25) is 0 Å². The highest BCUT2D eigenvalue weighted by Crippen LogP contribution is 2.27. The summed E-state index contributed by atoms with van der Waals surface area (Å²) in [4.78, 5) is 9.14. The van der Waals surface area contributed by atoms with Crippen molar-refractivity contribution in [2.24, 2.45) is 0 Å². The average molecular weight is 437 g/mol. The molecule has 170 valence electrons. The lowest BCUT2D eigenvalue weighted by atomic mass is 10.1. The first-order valence-corrected chi connectivity index (χ1v) is 11.1. The Balaban J connectivity index is 1.19. The Morgan fingerprint density at radius 1 is 0.844 bits per heavy atom. The molecular weight excluding hydrogens is 404 g/mol. The first-order valence-electron chi connectivity index (χ1n) is 11.1. The Morgan fingerprint density at radius 2 is 1.59 bits per heavy atom. The molecule has 0 unspecified atom stereocenters. The number of nitrogens with zero attached hydrogens (tertiary/aromatic N) is 4. The van der Waals surface area contributed by atoms with Gasteiger partial charge in [-0.05, 0) is 36.2 Å². The Hall–Kier alpha value is -3.03. The van der Waals surface area contributed by atoms with E-state index in [-0.39, 0.29) is 0 Å². The second kappa shape index (κ2) is 11.0. The van der Waals surface area contributed by atoms with Gasteiger partial charge in [-0.1, -0.05) is 18.2 Å². The van der Waals surface area contributed by atoms with Crippen LogP contribution in [0, 0.1) is 0 Å². The quantitative estimate of drug-likeness (QED) is 0.487. The standard InChI is InChI=1S/C25H32N4O3/c1-30-24-8-7-21(19-25(24)31-2)9-11-27-13-15-28(16-14-27)17-18-32-23-6-4-3-5-22(23)29-12-10-26-20-29/h3-8,10,12,19-20H,9,11,13-18H2,1-2H3. The van der Waals surface area contributed by atoms with E-state index in [2.05, 4.69) is 26.9 Å². The molecule has 1 fully saturated rings. The monoisotopic (exact) mass is 436 g/mol. The molecule has 1 aromatic heterocycles. The lowest BCUT2D eigenvalue weighted by Crippen LogP contribution is -2.47. The van der Waals surface area contributed by atoms with Crippen LogP contribution in [0.4, 0.5) is 0 Å². The SMILES string of the molecule is COc1ccc(CCN2CCN(CCOc3ccccc3-n3ccnc3)CC2)cc1OC. The van der Waals surface area contributed by atoms with Crippen molar-refractivity contribution >= 4 is 0 Å². The van der Waals surface area contributed by atoms with Gasteiger partial charge in [0.1, 0.15) is 12.4 Å². The molecule has 4 rings (SSSR count). The molecule has 3 aromatic rings. The predicted molar refractivity (Wildman–Crippen MR) is 125 cm³/mol. The van der Waals surface area contributed by atoms with Gasteiger partial charge in [-0.15, -0.1) is 0 Å². The van der Waals surface area contributed by atoms with E-state index in [1.165, 1.54) is 5.56 Å².